The Morgan fingerprint density at radius 2 is 1.75 bits per heavy atom. The van der Waals surface area contributed by atoms with Crippen molar-refractivity contribution in [2.24, 2.45) is 5.73 Å². The molecule has 0 radical (unpaired) electrons. The Morgan fingerprint density at radius 3 is 2.25 bits per heavy atom. The van der Waals surface area contributed by atoms with Gasteiger partial charge in [-0.05, 0) is 19.3 Å². The number of carbonyl (C=O) groups excluding carboxylic acids is 1. The molecule has 0 aromatic carbocycles. The Bertz CT molecular complexity index is 281. The Labute approximate surface area is 134 Å². The van der Waals surface area contributed by atoms with Crippen LogP contribution < -0.4 is 5.73 Å². The summed E-state index contributed by atoms with van der Waals surface area (Å²) in [6.07, 6.45) is 2.98. The molecular weight excluding hydrogens is 301 g/mol. The molecule has 2 N–H and O–H groups in total. The quantitative estimate of drug-likeness (QED) is 0.836. The third-order valence-corrected chi connectivity index (χ3v) is 4.09. The predicted molar refractivity (Wildman–Crippen MR) is 84.8 cm³/mol. The second-order valence-electron chi connectivity index (χ2n) is 5.22. The van der Waals surface area contributed by atoms with E-state index in [4.69, 9.17) is 10.5 Å². The van der Waals surface area contributed by atoms with Gasteiger partial charge in [-0.3, -0.25) is 9.69 Å². The highest BCUT2D eigenvalue weighted by Crippen LogP contribution is 2.16. The highest BCUT2D eigenvalue weighted by Gasteiger charge is 2.28. The number of carbonyl (C=O) groups is 1. The lowest BCUT2D eigenvalue weighted by molar-refractivity contribution is -0.135. The molecule has 20 heavy (non-hydrogen) atoms. The molecule has 0 saturated carbocycles. The van der Waals surface area contributed by atoms with Crippen molar-refractivity contribution in [2.75, 3.05) is 39.4 Å². The van der Waals surface area contributed by atoms with Gasteiger partial charge in [-0.2, -0.15) is 0 Å². The van der Waals surface area contributed by atoms with Crippen LogP contribution in [0.3, 0.4) is 0 Å². The number of nitrogens with two attached hydrogens (primary N) is 1. The van der Waals surface area contributed by atoms with Crippen LogP contribution in [-0.2, 0) is 9.53 Å². The molecule has 1 atom stereocenters. The molecule has 2 aliphatic heterocycles. The van der Waals surface area contributed by atoms with Crippen molar-refractivity contribution < 1.29 is 9.53 Å². The maximum Gasteiger partial charge on any atom is 0.239 e. The topological polar surface area (TPSA) is 58.8 Å². The highest BCUT2D eigenvalue weighted by molar-refractivity contribution is 5.85. The second kappa shape index (κ2) is 9.79. The van der Waals surface area contributed by atoms with E-state index in [9.17, 15) is 4.79 Å². The number of hydrogen-bond acceptors (Lipinski definition) is 4. The van der Waals surface area contributed by atoms with Gasteiger partial charge in [0, 0.05) is 45.4 Å². The van der Waals surface area contributed by atoms with Crippen molar-refractivity contribution in [3.05, 3.63) is 0 Å². The number of piperazine rings is 1. The fourth-order valence-corrected chi connectivity index (χ4v) is 2.77. The maximum absolute atomic E-state index is 12.0. The molecule has 120 valence electrons. The van der Waals surface area contributed by atoms with Crippen LogP contribution in [0.15, 0.2) is 0 Å². The molecule has 1 amide bonds. The van der Waals surface area contributed by atoms with Gasteiger partial charge in [0.05, 0.1) is 6.04 Å². The summed E-state index contributed by atoms with van der Waals surface area (Å²) in [5.41, 5.74) is 5.80. The molecule has 0 aliphatic carbocycles. The lowest BCUT2D eigenvalue weighted by Gasteiger charge is -2.41. The summed E-state index contributed by atoms with van der Waals surface area (Å²) in [5.74, 6) is 0.115. The van der Waals surface area contributed by atoms with Crippen molar-refractivity contribution in [1.29, 1.82) is 0 Å². The van der Waals surface area contributed by atoms with Crippen LogP contribution >= 0.6 is 24.8 Å². The Hall–Kier alpha value is -0.0700. The summed E-state index contributed by atoms with van der Waals surface area (Å²) < 4.78 is 5.39. The minimum atomic E-state index is -0.320. The molecule has 0 aromatic heterocycles. The number of hydrogen-bond donors (Lipinski definition) is 1. The van der Waals surface area contributed by atoms with Gasteiger partial charge in [-0.15, -0.1) is 24.8 Å². The average molecular weight is 328 g/mol. The number of halogens is 2. The van der Waals surface area contributed by atoms with Crippen LogP contribution in [0.25, 0.3) is 0 Å². The molecule has 7 heteroatoms. The molecule has 0 aromatic rings. The van der Waals surface area contributed by atoms with Crippen molar-refractivity contribution in [3.63, 3.8) is 0 Å². The number of ether oxygens (including phenoxy) is 1. The zero-order chi connectivity index (χ0) is 13.0. The average Bonchev–Trinajstić information content (AvgIpc) is 2.47. The molecule has 0 unspecified atom stereocenters. The molecule has 2 fully saturated rings. The Morgan fingerprint density at radius 1 is 1.20 bits per heavy atom. The van der Waals surface area contributed by atoms with E-state index in [0.717, 1.165) is 58.7 Å². The molecule has 2 rings (SSSR count). The van der Waals surface area contributed by atoms with Gasteiger partial charge in [0.15, 0.2) is 0 Å². The van der Waals surface area contributed by atoms with E-state index in [0.29, 0.717) is 6.04 Å². The molecule has 2 heterocycles. The number of nitrogens with zero attached hydrogens (tertiary/aromatic N) is 2. The predicted octanol–water partition coefficient (Wildman–Crippen LogP) is 0.890. The Kier molecular flexibility index (Phi) is 9.76. The van der Waals surface area contributed by atoms with E-state index in [2.05, 4.69) is 4.90 Å². The van der Waals surface area contributed by atoms with Crippen LogP contribution in [0.2, 0.25) is 0 Å². The van der Waals surface area contributed by atoms with E-state index < -0.39 is 0 Å². The van der Waals surface area contributed by atoms with Crippen molar-refractivity contribution in [3.8, 4) is 0 Å². The zero-order valence-corrected chi connectivity index (χ0v) is 13.8. The van der Waals surface area contributed by atoms with Crippen LogP contribution in [-0.4, -0.2) is 67.2 Å². The van der Waals surface area contributed by atoms with E-state index >= 15 is 0 Å². The smallest absolute Gasteiger partial charge is 0.239 e. The van der Waals surface area contributed by atoms with Gasteiger partial charge in [0.2, 0.25) is 5.91 Å². The third-order valence-electron chi connectivity index (χ3n) is 4.09. The zero-order valence-electron chi connectivity index (χ0n) is 12.1. The number of amides is 1. The van der Waals surface area contributed by atoms with E-state index in [1.54, 1.807) is 0 Å². The number of rotatable bonds is 3. The van der Waals surface area contributed by atoms with Crippen molar-refractivity contribution in [2.45, 2.75) is 38.3 Å². The standard InChI is InChI=1S/C13H25N3O2.2ClH/c1-2-12(14)13(17)16-7-5-15(6-8-16)11-3-9-18-10-4-11;;/h11-12H,2-10,14H2,1H3;2*1H/t12-;;/m0../s1. The molecule has 0 bridgehead atoms. The van der Waals surface area contributed by atoms with Crippen LogP contribution in [0.4, 0.5) is 0 Å². The minimum Gasteiger partial charge on any atom is -0.381 e. The van der Waals surface area contributed by atoms with Gasteiger partial charge in [0.1, 0.15) is 0 Å². The van der Waals surface area contributed by atoms with E-state index in [-0.39, 0.29) is 36.8 Å². The molecule has 0 spiro atoms. The van der Waals surface area contributed by atoms with E-state index in [1.807, 2.05) is 11.8 Å². The summed E-state index contributed by atoms with van der Waals surface area (Å²) in [4.78, 5) is 16.4. The largest absolute Gasteiger partial charge is 0.381 e. The Balaban J connectivity index is 0.00000180. The third kappa shape index (κ3) is 5.04. The SMILES string of the molecule is CC[C@H](N)C(=O)N1CCN(C2CCOCC2)CC1.Cl.Cl. The van der Waals surface area contributed by atoms with Gasteiger partial charge < -0.3 is 15.4 Å². The highest BCUT2D eigenvalue weighted by atomic mass is 35.5. The molecule has 5 nitrogen and oxygen atoms in total. The fourth-order valence-electron chi connectivity index (χ4n) is 2.77. The molecule has 2 aliphatic rings. The molecular formula is C13H27Cl2N3O2. The monoisotopic (exact) mass is 327 g/mol. The lowest BCUT2D eigenvalue weighted by Crippen LogP contribution is -2.55. The summed E-state index contributed by atoms with van der Waals surface area (Å²) in [6.45, 7) is 7.32. The van der Waals surface area contributed by atoms with Gasteiger partial charge in [-0.25, -0.2) is 0 Å². The lowest BCUT2D eigenvalue weighted by atomic mass is 10.1. The van der Waals surface area contributed by atoms with Crippen LogP contribution in [0.1, 0.15) is 26.2 Å². The normalized spacial score (nSPS) is 22.6. The van der Waals surface area contributed by atoms with Gasteiger partial charge >= 0.3 is 0 Å². The van der Waals surface area contributed by atoms with Crippen molar-refractivity contribution >= 4 is 30.7 Å². The minimum absolute atomic E-state index is 0. The van der Waals surface area contributed by atoms with E-state index in [1.165, 1.54) is 0 Å². The summed E-state index contributed by atoms with van der Waals surface area (Å²) in [6, 6.07) is 0.329. The second-order valence-corrected chi connectivity index (χ2v) is 5.22. The summed E-state index contributed by atoms with van der Waals surface area (Å²) in [5, 5.41) is 0. The van der Waals surface area contributed by atoms with Gasteiger partial charge in [0.25, 0.3) is 0 Å². The first-order chi connectivity index (χ1) is 8.72. The van der Waals surface area contributed by atoms with Crippen LogP contribution in [0.5, 0.6) is 0 Å². The maximum atomic E-state index is 12.0. The molecule has 2 saturated heterocycles. The summed E-state index contributed by atoms with van der Waals surface area (Å²) in [7, 11) is 0. The first-order valence-corrected chi connectivity index (χ1v) is 7.08. The fraction of sp³-hybridized carbons (Fsp3) is 0.923. The summed E-state index contributed by atoms with van der Waals surface area (Å²) >= 11 is 0. The van der Waals surface area contributed by atoms with Gasteiger partial charge in [-0.1, -0.05) is 6.92 Å². The van der Waals surface area contributed by atoms with Crippen LogP contribution in [0, 0.1) is 0 Å². The first-order valence-electron chi connectivity index (χ1n) is 7.08. The first kappa shape index (κ1) is 19.9. The van der Waals surface area contributed by atoms with Crippen molar-refractivity contribution in [1.82, 2.24) is 9.80 Å².